The lowest BCUT2D eigenvalue weighted by atomic mass is 9.90. The van der Waals surface area contributed by atoms with Crippen molar-refractivity contribution in [1.82, 2.24) is 0 Å². The number of nitrogens with one attached hydrogen (secondary N) is 1. The van der Waals surface area contributed by atoms with Crippen molar-refractivity contribution in [2.75, 3.05) is 5.43 Å². The smallest absolute Gasteiger partial charge is 0.272 e. The SMILES string of the molecule is CC1/C(=N/Nc2ccc([N+](=O)[O-])cc2[N+](=O)[O-])CC2(C(C)C)CC12. The molecular formula is C16H20N4O4. The molecule has 0 saturated heterocycles. The Morgan fingerprint density at radius 1 is 1.29 bits per heavy atom. The molecule has 3 rings (SSSR count). The Hall–Kier alpha value is -2.51. The number of anilines is 1. The third-order valence-corrected chi connectivity index (χ3v) is 5.68. The number of non-ortho nitro benzene ring substituents is 1. The van der Waals surface area contributed by atoms with Gasteiger partial charge in [0.1, 0.15) is 5.69 Å². The number of hydrazone groups is 1. The molecule has 0 spiro atoms. The third kappa shape index (κ3) is 2.51. The van der Waals surface area contributed by atoms with Crippen molar-refractivity contribution >= 4 is 22.8 Å². The van der Waals surface area contributed by atoms with E-state index in [4.69, 9.17) is 0 Å². The number of hydrogen-bond donors (Lipinski definition) is 1. The first kappa shape index (κ1) is 16.4. The number of benzene rings is 1. The van der Waals surface area contributed by atoms with Crippen LogP contribution in [0.15, 0.2) is 23.3 Å². The molecule has 0 amide bonds. The highest BCUT2D eigenvalue weighted by Gasteiger charge is 2.63. The Balaban J connectivity index is 1.82. The van der Waals surface area contributed by atoms with Gasteiger partial charge >= 0.3 is 5.69 Å². The summed E-state index contributed by atoms with van der Waals surface area (Å²) in [5.41, 5.74) is 3.62. The monoisotopic (exact) mass is 332 g/mol. The van der Waals surface area contributed by atoms with Crippen LogP contribution >= 0.6 is 0 Å². The molecule has 0 bridgehead atoms. The molecule has 0 aliphatic heterocycles. The molecule has 2 saturated carbocycles. The summed E-state index contributed by atoms with van der Waals surface area (Å²) >= 11 is 0. The predicted octanol–water partition coefficient (Wildman–Crippen LogP) is 3.97. The Labute approximate surface area is 139 Å². The molecule has 3 atom stereocenters. The minimum absolute atomic E-state index is 0.171. The van der Waals surface area contributed by atoms with Gasteiger partial charge in [-0.05, 0) is 42.1 Å². The highest BCUT2D eigenvalue weighted by Crippen LogP contribution is 2.68. The van der Waals surface area contributed by atoms with Crippen LogP contribution in [0.1, 0.15) is 33.6 Å². The van der Waals surface area contributed by atoms with Gasteiger partial charge in [-0.15, -0.1) is 0 Å². The van der Waals surface area contributed by atoms with Gasteiger partial charge in [-0.2, -0.15) is 5.10 Å². The Kier molecular flexibility index (Phi) is 3.77. The zero-order valence-electron chi connectivity index (χ0n) is 13.9. The van der Waals surface area contributed by atoms with Crippen LogP contribution in [0.4, 0.5) is 17.1 Å². The van der Waals surface area contributed by atoms with Gasteiger partial charge in [-0.3, -0.25) is 25.7 Å². The van der Waals surface area contributed by atoms with Crippen molar-refractivity contribution in [1.29, 1.82) is 0 Å². The molecule has 128 valence electrons. The van der Waals surface area contributed by atoms with E-state index in [9.17, 15) is 20.2 Å². The second-order valence-corrected chi connectivity index (χ2v) is 7.09. The fourth-order valence-electron chi connectivity index (χ4n) is 3.98. The van der Waals surface area contributed by atoms with E-state index >= 15 is 0 Å². The molecule has 24 heavy (non-hydrogen) atoms. The molecule has 0 heterocycles. The summed E-state index contributed by atoms with van der Waals surface area (Å²) in [7, 11) is 0. The molecule has 3 unspecified atom stereocenters. The molecule has 2 aliphatic carbocycles. The highest BCUT2D eigenvalue weighted by atomic mass is 16.6. The summed E-state index contributed by atoms with van der Waals surface area (Å²) in [5, 5.41) is 26.3. The van der Waals surface area contributed by atoms with E-state index in [1.807, 2.05) is 0 Å². The van der Waals surface area contributed by atoms with Crippen LogP contribution in [0.2, 0.25) is 0 Å². The number of hydrogen-bond acceptors (Lipinski definition) is 6. The minimum atomic E-state index is -0.651. The van der Waals surface area contributed by atoms with Crippen molar-refractivity contribution < 1.29 is 9.85 Å². The maximum absolute atomic E-state index is 11.2. The lowest BCUT2D eigenvalue weighted by molar-refractivity contribution is -0.393. The quantitative estimate of drug-likeness (QED) is 0.647. The Morgan fingerprint density at radius 3 is 2.54 bits per heavy atom. The number of rotatable bonds is 5. The van der Waals surface area contributed by atoms with Crippen molar-refractivity contribution in [3.63, 3.8) is 0 Å². The second kappa shape index (κ2) is 5.54. The van der Waals surface area contributed by atoms with Crippen LogP contribution in [0.25, 0.3) is 0 Å². The van der Waals surface area contributed by atoms with Gasteiger partial charge in [0.15, 0.2) is 0 Å². The highest BCUT2D eigenvalue weighted by molar-refractivity contribution is 5.92. The van der Waals surface area contributed by atoms with E-state index in [0.717, 1.165) is 18.2 Å². The summed E-state index contributed by atoms with van der Waals surface area (Å²) in [6, 6.07) is 3.52. The predicted molar refractivity (Wildman–Crippen MR) is 90.0 cm³/mol. The van der Waals surface area contributed by atoms with Crippen molar-refractivity contribution in [2.45, 2.75) is 33.6 Å². The molecule has 1 N–H and O–H groups in total. The average Bonchev–Trinajstić information content (AvgIpc) is 3.19. The van der Waals surface area contributed by atoms with Crippen molar-refractivity contribution in [3.05, 3.63) is 38.4 Å². The first-order chi connectivity index (χ1) is 11.3. The fourth-order valence-corrected chi connectivity index (χ4v) is 3.98. The maximum atomic E-state index is 11.2. The topological polar surface area (TPSA) is 111 Å². The molecule has 2 fully saturated rings. The molecule has 8 heteroatoms. The lowest BCUT2D eigenvalue weighted by Crippen LogP contribution is -2.13. The van der Waals surface area contributed by atoms with Crippen LogP contribution in [-0.4, -0.2) is 15.6 Å². The normalized spacial score (nSPS) is 29.6. The van der Waals surface area contributed by atoms with Crippen LogP contribution in [0.3, 0.4) is 0 Å². The maximum Gasteiger partial charge on any atom is 0.301 e. The summed E-state index contributed by atoms with van der Waals surface area (Å²) in [6.45, 7) is 6.60. The molecule has 0 radical (unpaired) electrons. The number of nitro groups is 2. The Bertz CT molecular complexity index is 746. The summed E-state index contributed by atoms with van der Waals surface area (Å²) in [6.07, 6.45) is 2.13. The Morgan fingerprint density at radius 2 is 2.00 bits per heavy atom. The number of nitro benzene ring substituents is 2. The second-order valence-electron chi connectivity index (χ2n) is 7.09. The average molecular weight is 332 g/mol. The first-order valence-electron chi connectivity index (χ1n) is 8.01. The zero-order chi connectivity index (χ0) is 17.6. The zero-order valence-corrected chi connectivity index (χ0v) is 13.9. The van der Waals surface area contributed by atoms with Gasteiger partial charge in [0.25, 0.3) is 5.69 Å². The van der Waals surface area contributed by atoms with E-state index in [-0.39, 0.29) is 17.1 Å². The third-order valence-electron chi connectivity index (χ3n) is 5.68. The fraction of sp³-hybridized carbons (Fsp3) is 0.562. The number of nitrogens with zero attached hydrogens (tertiary/aromatic N) is 3. The summed E-state index contributed by atoms with van der Waals surface area (Å²) in [4.78, 5) is 20.6. The molecule has 0 aromatic heterocycles. The van der Waals surface area contributed by atoms with E-state index in [1.54, 1.807) is 0 Å². The van der Waals surface area contributed by atoms with Gasteiger partial charge in [-0.1, -0.05) is 20.8 Å². The van der Waals surface area contributed by atoms with Crippen LogP contribution in [-0.2, 0) is 0 Å². The largest absolute Gasteiger partial charge is 0.301 e. The van der Waals surface area contributed by atoms with Crippen LogP contribution < -0.4 is 5.43 Å². The first-order valence-corrected chi connectivity index (χ1v) is 8.01. The van der Waals surface area contributed by atoms with Crippen LogP contribution in [0, 0.1) is 43.4 Å². The minimum Gasteiger partial charge on any atom is -0.272 e. The molecular weight excluding hydrogens is 312 g/mol. The van der Waals surface area contributed by atoms with Gasteiger partial charge in [0.05, 0.1) is 15.9 Å². The molecule has 2 aliphatic rings. The van der Waals surface area contributed by atoms with Gasteiger partial charge in [-0.25, -0.2) is 0 Å². The van der Waals surface area contributed by atoms with Gasteiger partial charge < -0.3 is 0 Å². The standard InChI is InChI=1S/C16H20N4O4/c1-9(2)16-7-12(16)10(3)14(8-16)18-17-13-5-4-11(19(21)22)6-15(13)20(23)24/h4-6,9-10,12,17H,7-8H2,1-3H3/b18-14+. The van der Waals surface area contributed by atoms with Crippen LogP contribution in [0.5, 0.6) is 0 Å². The number of fused-ring (bicyclic) bond motifs is 1. The van der Waals surface area contributed by atoms with E-state index in [1.165, 1.54) is 18.6 Å². The van der Waals surface area contributed by atoms with Crippen molar-refractivity contribution in [2.24, 2.45) is 28.3 Å². The van der Waals surface area contributed by atoms with E-state index < -0.39 is 9.85 Å². The summed E-state index contributed by atoms with van der Waals surface area (Å²) < 4.78 is 0. The molecule has 1 aromatic carbocycles. The molecule has 1 aromatic rings. The van der Waals surface area contributed by atoms with Gasteiger partial charge in [0.2, 0.25) is 0 Å². The van der Waals surface area contributed by atoms with Crippen molar-refractivity contribution in [3.8, 4) is 0 Å². The summed E-state index contributed by atoms with van der Waals surface area (Å²) in [5.74, 6) is 1.59. The lowest BCUT2D eigenvalue weighted by Gasteiger charge is -2.16. The van der Waals surface area contributed by atoms with E-state index in [0.29, 0.717) is 23.2 Å². The van der Waals surface area contributed by atoms with E-state index in [2.05, 4.69) is 31.3 Å². The molecule has 8 nitrogen and oxygen atoms in total. The van der Waals surface area contributed by atoms with Gasteiger partial charge in [0, 0.05) is 11.8 Å².